The second-order valence-electron chi connectivity index (χ2n) is 6.85. The fraction of sp³-hybridized carbons (Fsp3) is 0.227. The molecule has 0 saturated heterocycles. The molecule has 1 aromatic heterocycles. The van der Waals surface area contributed by atoms with Crippen molar-refractivity contribution >= 4 is 34.6 Å². The predicted octanol–water partition coefficient (Wildman–Crippen LogP) is 3.67. The monoisotopic (exact) mass is 393 g/mol. The average molecular weight is 394 g/mol. The Labute approximate surface area is 168 Å². The maximum atomic E-state index is 11.0. The van der Waals surface area contributed by atoms with Gasteiger partial charge in [-0.1, -0.05) is 36.4 Å². The van der Waals surface area contributed by atoms with E-state index in [1.165, 1.54) is 44.4 Å². The maximum absolute atomic E-state index is 11.0. The van der Waals surface area contributed by atoms with Crippen LogP contribution in [0.1, 0.15) is 22.3 Å². The molecule has 0 unspecified atom stereocenters. The number of thioether (sulfide) groups is 1. The van der Waals surface area contributed by atoms with E-state index in [1.54, 1.807) is 11.6 Å². The smallest absolute Gasteiger partial charge is 0.267 e. The Morgan fingerprint density at radius 1 is 1.21 bits per heavy atom. The van der Waals surface area contributed by atoms with E-state index in [1.807, 2.05) is 36.0 Å². The molecular formula is C22H23N3O2S. The van der Waals surface area contributed by atoms with Gasteiger partial charge >= 0.3 is 0 Å². The van der Waals surface area contributed by atoms with Crippen LogP contribution in [0.5, 0.6) is 0 Å². The highest BCUT2D eigenvalue weighted by molar-refractivity contribution is 7.99. The van der Waals surface area contributed by atoms with Crippen LogP contribution in [0.15, 0.2) is 53.6 Å². The van der Waals surface area contributed by atoms with Gasteiger partial charge in [0.05, 0.1) is 5.03 Å². The number of aromatic nitrogens is 1. The Hall–Kier alpha value is -2.54. The van der Waals surface area contributed by atoms with Crippen molar-refractivity contribution in [3.63, 3.8) is 0 Å². The van der Waals surface area contributed by atoms with E-state index in [0.717, 1.165) is 31.5 Å². The summed E-state index contributed by atoms with van der Waals surface area (Å²) in [6, 6.07) is 14.5. The zero-order valence-corrected chi connectivity index (χ0v) is 16.3. The molecule has 2 heterocycles. The molecule has 5 nitrogen and oxygen atoms in total. The number of fused-ring (bicyclic) bond motifs is 3. The van der Waals surface area contributed by atoms with E-state index in [0.29, 0.717) is 0 Å². The van der Waals surface area contributed by atoms with Crippen molar-refractivity contribution in [2.24, 2.45) is 0 Å². The van der Waals surface area contributed by atoms with Crippen molar-refractivity contribution in [1.29, 1.82) is 0 Å². The minimum atomic E-state index is -0.535. The lowest BCUT2D eigenvalue weighted by Gasteiger charge is -2.08. The molecule has 0 atom stereocenters. The Kier molecular flexibility index (Phi) is 5.81. The van der Waals surface area contributed by atoms with Crippen molar-refractivity contribution in [3.8, 4) is 0 Å². The molecular weight excluding hydrogens is 370 g/mol. The third kappa shape index (κ3) is 4.14. The second kappa shape index (κ2) is 8.65. The molecule has 1 aliphatic heterocycles. The molecule has 2 aromatic carbocycles. The first kappa shape index (κ1) is 18.8. The Bertz CT molecular complexity index is 1010. The zero-order chi connectivity index (χ0) is 19.3. The van der Waals surface area contributed by atoms with E-state index in [2.05, 4.69) is 28.5 Å². The number of rotatable bonds is 7. The summed E-state index contributed by atoms with van der Waals surface area (Å²) in [5, 5.41) is 14.8. The number of H-pyrrole nitrogens is 1. The largest absolute Gasteiger partial charge is 0.349 e. The van der Waals surface area contributed by atoms with Gasteiger partial charge in [0.1, 0.15) is 0 Å². The summed E-state index contributed by atoms with van der Waals surface area (Å²) < 4.78 is 0. The molecule has 0 saturated carbocycles. The van der Waals surface area contributed by atoms with Gasteiger partial charge in [-0.3, -0.25) is 10.0 Å². The number of nitrogens with one attached hydrogen (secondary N) is 3. The summed E-state index contributed by atoms with van der Waals surface area (Å²) in [6.45, 7) is 1.72. The van der Waals surface area contributed by atoms with Gasteiger partial charge in [-0.15, -0.1) is 11.8 Å². The molecule has 0 bridgehead atoms. The number of aromatic amines is 1. The summed E-state index contributed by atoms with van der Waals surface area (Å²) in [4.78, 5) is 14.6. The standard InChI is InChI=1S/C22H23N3O2S/c26-20(25-27)9-8-15-4-6-16(7-5-15)14-23-12-10-17-2-1-3-19-21(17)18-11-13-28-22(18)24-19/h1-9,23-24,27H,10-14H2,(H,25,26)/b9-8+. The van der Waals surface area contributed by atoms with Gasteiger partial charge in [0.25, 0.3) is 5.91 Å². The SMILES string of the molecule is O=C(/C=C/c1ccc(CNCCc2cccc3[nH]c4c(c23)CCS4)cc1)NO. The van der Waals surface area contributed by atoms with E-state index in [4.69, 9.17) is 5.21 Å². The number of hydrogen-bond acceptors (Lipinski definition) is 4. The zero-order valence-electron chi connectivity index (χ0n) is 15.5. The molecule has 1 amide bonds. The van der Waals surface area contributed by atoms with Crippen molar-refractivity contribution in [1.82, 2.24) is 15.8 Å². The van der Waals surface area contributed by atoms with Crippen LogP contribution in [0.25, 0.3) is 17.0 Å². The fourth-order valence-corrected chi connectivity index (χ4v) is 4.68. The summed E-state index contributed by atoms with van der Waals surface area (Å²) >= 11 is 1.92. The van der Waals surface area contributed by atoms with Crippen LogP contribution in [0.3, 0.4) is 0 Å². The minimum Gasteiger partial charge on any atom is -0.349 e. The lowest BCUT2D eigenvalue weighted by atomic mass is 10.0. The highest BCUT2D eigenvalue weighted by Crippen LogP contribution is 2.37. The molecule has 4 N–H and O–H groups in total. The van der Waals surface area contributed by atoms with Crippen LogP contribution in [0.4, 0.5) is 0 Å². The van der Waals surface area contributed by atoms with E-state index in [9.17, 15) is 4.79 Å². The Balaban J connectivity index is 1.32. The van der Waals surface area contributed by atoms with Crippen LogP contribution < -0.4 is 10.8 Å². The van der Waals surface area contributed by atoms with Gasteiger partial charge in [0.2, 0.25) is 0 Å². The molecule has 0 aliphatic carbocycles. The van der Waals surface area contributed by atoms with E-state index < -0.39 is 5.91 Å². The summed E-state index contributed by atoms with van der Waals surface area (Å²) in [5.41, 5.74) is 7.85. The van der Waals surface area contributed by atoms with Crippen molar-refractivity contribution in [2.45, 2.75) is 24.4 Å². The number of carbonyl (C=O) groups is 1. The summed E-state index contributed by atoms with van der Waals surface area (Å²) in [6.07, 6.45) is 5.12. The van der Waals surface area contributed by atoms with E-state index >= 15 is 0 Å². The number of amides is 1. The highest BCUT2D eigenvalue weighted by atomic mass is 32.2. The summed E-state index contributed by atoms with van der Waals surface area (Å²) in [7, 11) is 0. The molecule has 144 valence electrons. The van der Waals surface area contributed by atoms with Gasteiger partial charge in [0, 0.05) is 29.3 Å². The molecule has 6 heteroatoms. The first-order valence-electron chi connectivity index (χ1n) is 9.41. The number of aryl methyl sites for hydroxylation is 1. The van der Waals surface area contributed by atoms with Crippen LogP contribution in [0.2, 0.25) is 0 Å². The quantitative estimate of drug-likeness (QED) is 0.214. The summed E-state index contributed by atoms with van der Waals surface area (Å²) in [5.74, 6) is 0.645. The Morgan fingerprint density at radius 2 is 2.07 bits per heavy atom. The molecule has 4 rings (SSSR count). The van der Waals surface area contributed by atoms with Gasteiger partial charge in [0.15, 0.2) is 0 Å². The molecule has 0 spiro atoms. The topological polar surface area (TPSA) is 77.2 Å². The first-order chi connectivity index (χ1) is 13.7. The molecule has 0 fully saturated rings. The normalized spacial score (nSPS) is 13.3. The van der Waals surface area contributed by atoms with Crippen LogP contribution >= 0.6 is 11.8 Å². The first-order valence-corrected chi connectivity index (χ1v) is 10.4. The number of benzene rings is 2. The van der Waals surface area contributed by atoms with Crippen LogP contribution in [-0.4, -0.2) is 28.4 Å². The molecule has 0 radical (unpaired) electrons. The Morgan fingerprint density at radius 3 is 2.89 bits per heavy atom. The van der Waals surface area contributed by atoms with Gasteiger partial charge in [-0.2, -0.15) is 0 Å². The van der Waals surface area contributed by atoms with Crippen molar-refractivity contribution in [3.05, 3.63) is 70.8 Å². The fourth-order valence-electron chi connectivity index (χ4n) is 3.61. The third-order valence-corrected chi connectivity index (χ3v) is 6.04. The number of hydrogen-bond donors (Lipinski definition) is 4. The van der Waals surface area contributed by atoms with Crippen LogP contribution in [-0.2, 0) is 24.2 Å². The second-order valence-corrected chi connectivity index (χ2v) is 7.95. The lowest BCUT2D eigenvalue weighted by molar-refractivity contribution is -0.124. The lowest BCUT2D eigenvalue weighted by Crippen LogP contribution is -2.16. The predicted molar refractivity (Wildman–Crippen MR) is 114 cm³/mol. The van der Waals surface area contributed by atoms with Crippen molar-refractivity contribution in [2.75, 3.05) is 12.3 Å². The van der Waals surface area contributed by atoms with Gasteiger partial charge in [-0.25, -0.2) is 5.48 Å². The molecule has 3 aromatic rings. The van der Waals surface area contributed by atoms with E-state index in [-0.39, 0.29) is 0 Å². The van der Waals surface area contributed by atoms with Gasteiger partial charge in [-0.05, 0) is 53.8 Å². The van der Waals surface area contributed by atoms with Crippen LogP contribution in [0, 0.1) is 0 Å². The third-order valence-electron chi connectivity index (χ3n) is 4.99. The van der Waals surface area contributed by atoms with Gasteiger partial charge < -0.3 is 10.3 Å². The highest BCUT2D eigenvalue weighted by Gasteiger charge is 2.19. The molecule has 28 heavy (non-hydrogen) atoms. The molecule has 1 aliphatic rings. The minimum absolute atomic E-state index is 0.535. The van der Waals surface area contributed by atoms with Crippen molar-refractivity contribution < 1.29 is 10.0 Å². The number of carbonyl (C=O) groups excluding carboxylic acids is 1. The average Bonchev–Trinajstić information content (AvgIpc) is 3.31. The number of hydroxylamine groups is 1. The maximum Gasteiger partial charge on any atom is 0.267 e.